The van der Waals surface area contributed by atoms with Gasteiger partial charge < -0.3 is 0 Å². The van der Waals surface area contributed by atoms with Gasteiger partial charge in [-0.05, 0) is 6.92 Å². The Morgan fingerprint density at radius 1 is 1.50 bits per heavy atom. The summed E-state index contributed by atoms with van der Waals surface area (Å²) >= 11 is 1.67. The van der Waals surface area contributed by atoms with Gasteiger partial charge in [-0.2, -0.15) is 5.26 Å². The monoisotopic (exact) mass is 233 g/mol. The fraction of sp³-hybridized carbons (Fsp3) is 0.500. The topological polar surface area (TPSA) is 41.1 Å². The van der Waals surface area contributed by atoms with E-state index in [1.807, 2.05) is 0 Å². The first-order chi connectivity index (χ1) is 7.43. The normalized spacial score (nSPS) is 11.9. The molecule has 0 bridgehead atoms. The van der Waals surface area contributed by atoms with Crippen LogP contribution >= 0.6 is 11.3 Å². The zero-order valence-electron chi connectivity index (χ0n) is 10.0. The van der Waals surface area contributed by atoms with E-state index in [0.29, 0.717) is 6.42 Å². The number of nitriles is 1. The maximum absolute atomic E-state index is 8.91. The Hall–Kier alpha value is -1.34. The van der Waals surface area contributed by atoms with Gasteiger partial charge in [0.1, 0.15) is 0 Å². The van der Waals surface area contributed by atoms with Crippen LogP contribution in [0.3, 0.4) is 0 Å². The van der Waals surface area contributed by atoms with Crippen LogP contribution in [0, 0.1) is 18.3 Å². The molecule has 0 aliphatic rings. The lowest BCUT2D eigenvalue weighted by atomic mass is 9.90. The molecule has 0 atom stereocenters. The van der Waals surface area contributed by atoms with Crippen molar-refractivity contribution in [1.82, 2.24) is 9.38 Å². The number of hydrogen-bond acceptors (Lipinski definition) is 3. The highest BCUT2D eigenvalue weighted by atomic mass is 32.1. The van der Waals surface area contributed by atoms with Crippen molar-refractivity contribution in [2.45, 2.75) is 39.5 Å². The average Bonchev–Trinajstić information content (AvgIpc) is 2.63. The second-order valence-corrected chi connectivity index (χ2v) is 6.20. The molecule has 0 fully saturated rings. The number of hydrogen-bond donors (Lipinski definition) is 0. The minimum atomic E-state index is -0.00811. The van der Waals surface area contributed by atoms with Crippen molar-refractivity contribution in [2.75, 3.05) is 0 Å². The third kappa shape index (κ3) is 1.72. The average molecular weight is 233 g/mol. The van der Waals surface area contributed by atoms with Gasteiger partial charge in [0.2, 0.25) is 0 Å². The number of thiazole rings is 1. The van der Waals surface area contributed by atoms with Gasteiger partial charge in [-0.1, -0.05) is 20.8 Å². The van der Waals surface area contributed by atoms with E-state index in [1.54, 1.807) is 11.3 Å². The molecule has 0 N–H and O–H groups in total. The van der Waals surface area contributed by atoms with Crippen molar-refractivity contribution >= 4 is 16.3 Å². The molecule has 0 aliphatic carbocycles. The number of aryl methyl sites for hydroxylation is 1. The summed E-state index contributed by atoms with van der Waals surface area (Å²) in [4.78, 5) is 6.87. The molecule has 84 valence electrons. The van der Waals surface area contributed by atoms with Crippen LogP contribution in [-0.2, 0) is 11.8 Å². The Balaban J connectivity index is 2.70. The number of aromatic nitrogens is 2. The molecule has 0 radical (unpaired) electrons. The predicted molar refractivity (Wildman–Crippen MR) is 65.8 cm³/mol. The molecule has 0 saturated carbocycles. The van der Waals surface area contributed by atoms with E-state index in [9.17, 15) is 0 Å². The molecule has 0 unspecified atom stereocenters. The molecule has 3 nitrogen and oxygen atoms in total. The van der Waals surface area contributed by atoms with Crippen LogP contribution in [0.1, 0.15) is 37.0 Å². The third-order valence-corrected chi connectivity index (χ3v) is 3.40. The van der Waals surface area contributed by atoms with Crippen molar-refractivity contribution < 1.29 is 0 Å². The zero-order valence-corrected chi connectivity index (χ0v) is 10.9. The predicted octanol–water partition coefficient (Wildman–Crippen LogP) is 3.07. The minimum Gasteiger partial charge on any atom is -0.293 e. The Bertz CT molecular complexity index is 563. The molecule has 2 aromatic heterocycles. The Morgan fingerprint density at radius 3 is 2.75 bits per heavy atom. The molecule has 0 aromatic carbocycles. The highest BCUT2D eigenvalue weighted by Gasteiger charge is 2.24. The second kappa shape index (κ2) is 3.60. The highest BCUT2D eigenvalue weighted by molar-refractivity contribution is 7.17. The number of nitrogens with zero attached hydrogens (tertiary/aromatic N) is 3. The maximum Gasteiger partial charge on any atom is 0.194 e. The molecule has 16 heavy (non-hydrogen) atoms. The summed E-state index contributed by atoms with van der Waals surface area (Å²) in [5.74, 6) is 0. The van der Waals surface area contributed by atoms with E-state index in [0.717, 1.165) is 16.3 Å². The molecule has 0 saturated heterocycles. The molecule has 2 rings (SSSR count). The van der Waals surface area contributed by atoms with Gasteiger partial charge in [-0.15, -0.1) is 11.3 Å². The van der Waals surface area contributed by atoms with E-state index >= 15 is 0 Å². The molecule has 4 heteroatoms. The largest absolute Gasteiger partial charge is 0.293 e. The van der Waals surface area contributed by atoms with Crippen molar-refractivity contribution in [3.8, 4) is 6.07 Å². The number of fused-ring (bicyclic) bond motifs is 1. The van der Waals surface area contributed by atoms with Gasteiger partial charge in [0.15, 0.2) is 4.96 Å². The Morgan fingerprint density at radius 2 is 2.19 bits per heavy atom. The van der Waals surface area contributed by atoms with E-state index < -0.39 is 0 Å². The smallest absolute Gasteiger partial charge is 0.194 e. The summed E-state index contributed by atoms with van der Waals surface area (Å²) in [7, 11) is 0. The molecule has 0 aliphatic heterocycles. The lowest BCUT2D eigenvalue weighted by Crippen LogP contribution is -2.14. The Kier molecular flexibility index (Phi) is 2.51. The summed E-state index contributed by atoms with van der Waals surface area (Å²) in [6, 6.07) is 2.23. The fourth-order valence-electron chi connectivity index (χ4n) is 1.85. The minimum absolute atomic E-state index is 0.00811. The lowest BCUT2D eigenvalue weighted by molar-refractivity contribution is 0.566. The lowest BCUT2D eigenvalue weighted by Gasteiger charge is -2.16. The standard InChI is InChI=1S/C12H15N3S/c1-8-7-15-9(5-6-13)10(12(2,3)4)14-11(15)16-8/h7H,5H2,1-4H3. The van der Waals surface area contributed by atoms with E-state index in [4.69, 9.17) is 5.26 Å². The van der Waals surface area contributed by atoms with E-state index in [2.05, 4.69) is 49.3 Å². The summed E-state index contributed by atoms with van der Waals surface area (Å²) in [6.07, 6.45) is 2.48. The zero-order chi connectivity index (χ0) is 11.9. The molecular formula is C12H15N3S. The van der Waals surface area contributed by atoms with Gasteiger partial charge in [0.05, 0.1) is 23.9 Å². The number of imidazole rings is 1. The van der Waals surface area contributed by atoms with Crippen molar-refractivity contribution in [3.05, 3.63) is 22.5 Å². The van der Waals surface area contributed by atoms with Crippen molar-refractivity contribution in [2.24, 2.45) is 0 Å². The van der Waals surface area contributed by atoms with E-state index in [-0.39, 0.29) is 5.41 Å². The first kappa shape index (κ1) is 11.2. The maximum atomic E-state index is 8.91. The highest BCUT2D eigenvalue weighted by Crippen LogP contribution is 2.29. The number of rotatable bonds is 1. The quantitative estimate of drug-likeness (QED) is 0.759. The summed E-state index contributed by atoms with van der Waals surface area (Å²) < 4.78 is 2.06. The van der Waals surface area contributed by atoms with Gasteiger partial charge in [-0.3, -0.25) is 4.40 Å². The molecule has 0 spiro atoms. The second-order valence-electron chi connectivity index (χ2n) is 4.99. The van der Waals surface area contributed by atoms with Crippen LogP contribution in [0.4, 0.5) is 0 Å². The van der Waals surface area contributed by atoms with Crippen molar-refractivity contribution in [3.63, 3.8) is 0 Å². The summed E-state index contributed by atoms with van der Waals surface area (Å²) in [6.45, 7) is 8.46. The van der Waals surface area contributed by atoms with Crippen LogP contribution in [0.2, 0.25) is 0 Å². The van der Waals surface area contributed by atoms with Crippen LogP contribution < -0.4 is 0 Å². The van der Waals surface area contributed by atoms with Gasteiger partial charge >= 0.3 is 0 Å². The molecular weight excluding hydrogens is 218 g/mol. The van der Waals surface area contributed by atoms with Crippen LogP contribution in [0.25, 0.3) is 4.96 Å². The van der Waals surface area contributed by atoms with Crippen LogP contribution in [0.5, 0.6) is 0 Å². The SMILES string of the molecule is Cc1cn2c(CC#N)c(C(C)(C)C)nc2s1. The van der Waals surface area contributed by atoms with Gasteiger partial charge in [0, 0.05) is 16.5 Å². The van der Waals surface area contributed by atoms with Crippen LogP contribution in [0.15, 0.2) is 6.20 Å². The first-order valence-corrected chi connectivity index (χ1v) is 6.10. The molecule has 2 heterocycles. The van der Waals surface area contributed by atoms with Crippen LogP contribution in [-0.4, -0.2) is 9.38 Å². The first-order valence-electron chi connectivity index (χ1n) is 5.28. The summed E-state index contributed by atoms with van der Waals surface area (Å²) in [5, 5.41) is 8.91. The molecule has 2 aromatic rings. The third-order valence-electron chi connectivity index (χ3n) is 2.50. The fourth-order valence-corrected chi connectivity index (χ4v) is 2.69. The Labute approximate surface area is 99.4 Å². The van der Waals surface area contributed by atoms with Crippen molar-refractivity contribution in [1.29, 1.82) is 5.26 Å². The van der Waals surface area contributed by atoms with Gasteiger partial charge in [-0.25, -0.2) is 4.98 Å². The van der Waals surface area contributed by atoms with Gasteiger partial charge in [0.25, 0.3) is 0 Å². The molecule has 0 amide bonds. The van der Waals surface area contributed by atoms with E-state index in [1.165, 1.54) is 4.88 Å². The summed E-state index contributed by atoms with van der Waals surface area (Å²) in [5.41, 5.74) is 2.07.